The van der Waals surface area contributed by atoms with Crippen molar-refractivity contribution in [3.63, 3.8) is 0 Å². The van der Waals surface area contributed by atoms with Crippen LogP contribution in [0.15, 0.2) is 18.2 Å². The molecule has 1 fully saturated rings. The molecule has 0 radical (unpaired) electrons. The van der Waals surface area contributed by atoms with Crippen LogP contribution in [-0.2, 0) is 4.74 Å². The molecule has 98 valence electrons. The molecule has 1 saturated heterocycles. The van der Waals surface area contributed by atoms with Crippen LogP contribution in [0, 0.1) is 9.49 Å². The van der Waals surface area contributed by atoms with Gasteiger partial charge in [0.25, 0.3) is 5.91 Å². The van der Waals surface area contributed by atoms with Crippen LogP contribution in [-0.4, -0.2) is 25.2 Å². The van der Waals surface area contributed by atoms with Crippen LogP contribution >= 0.6 is 34.2 Å². The summed E-state index contributed by atoms with van der Waals surface area (Å²) >= 11 is 8.05. The minimum atomic E-state index is -0.0685. The monoisotopic (exact) mass is 379 g/mol. The fourth-order valence-corrected chi connectivity index (χ4v) is 2.79. The molecule has 1 aliphatic rings. The number of hydrogen-bond donors (Lipinski definition) is 1. The van der Waals surface area contributed by atoms with Crippen molar-refractivity contribution >= 4 is 40.1 Å². The SMILES string of the molecule is CC1OCCC1CNC(=O)c1cc(Cl)ccc1I. The fourth-order valence-electron chi connectivity index (χ4n) is 2.03. The lowest BCUT2D eigenvalue weighted by Gasteiger charge is -2.15. The first-order chi connectivity index (χ1) is 8.58. The van der Waals surface area contributed by atoms with Crippen molar-refractivity contribution in [2.24, 2.45) is 5.92 Å². The van der Waals surface area contributed by atoms with E-state index in [1.807, 2.05) is 13.0 Å². The summed E-state index contributed by atoms with van der Waals surface area (Å²) in [6.45, 7) is 3.49. The number of benzene rings is 1. The van der Waals surface area contributed by atoms with Gasteiger partial charge in [-0.15, -0.1) is 0 Å². The molecule has 1 N–H and O–H groups in total. The van der Waals surface area contributed by atoms with Crippen molar-refractivity contribution in [1.82, 2.24) is 5.32 Å². The molecule has 2 atom stereocenters. The highest BCUT2D eigenvalue weighted by atomic mass is 127. The maximum Gasteiger partial charge on any atom is 0.252 e. The summed E-state index contributed by atoms with van der Waals surface area (Å²) in [5.74, 6) is 0.340. The highest BCUT2D eigenvalue weighted by Gasteiger charge is 2.24. The van der Waals surface area contributed by atoms with E-state index in [2.05, 4.69) is 27.9 Å². The molecule has 0 bridgehead atoms. The van der Waals surface area contributed by atoms with Gasteiger partial charge in [0.2, 0.25) is 0 Å². The van der Waals surface area contributed by atoms with Crippen molar-refractivity contribution in [3.05, 3.63) is 32.4 Å². The second-order valence-corrected chi connectivity index (χ2v) is 6.06. The lowest BCUT2D eigenvalue weighted by atomic mass is 10.0. The Kier molecular flexibility index (Phi) is 4.86. The molecule has 1 aliphatic heterocycles. The number of hydrogen-bond acceptors (Lipinski definition) is 2. The van der Waals surface area contributed by atoms with Gasteiger partial charge >= 0.3 is 0 Å². The first-order valence-electron chi connectivity index (χ1n) is 5.93. The third-order valence-corrected chi connectivity index (χ3v) is 4.41. The summed E-state index contributed by atoms with van der Waals surface area (Å²) in [6.07, 6.45) is 1.23. The molecule has 0 spiro atoms. The minimum Gasteiger partial charge on any atom is -0.378 e. The Balaban J connectivity index is 1.97. The molecule has 1 heterocycles. The number of carbonyl (C=O) groups is 1. The van der Waals surface area contributed by atoms with Crippen LogP contribution in [0.4, 0.5) is 0 Å². The van der Waals surface area contributed by atoms with Gasteiger partial charge in [-0.2, -0.15) is 0 Å². The normalized spacial score (nSPS) is 23.1. The van der Waals surface area contributed by atoms with E-state index in [4.69, 9.17) is 16.3 Å². The Morgan fingerprint density at radius 1 is 1.61 bits per heavy atom. The van der Waals surface area contributed by atoms with Crippen LogP contribution in [0.1, 0.15) is 23.7 Å². The van der Waals surface area contributed by atoms with Gasteiger partial charge in [0, 0.05) is 27.7 Å². The van der Waals surface area contributed by atoms with Gasteiger partial charge in [-0.05, 0) is 54.1 Å². The Morgan fingerprint density at radius 3 is 3.06 bits per heavy atom. The molecule has 3 nitrogen and oxygen atoms in total. The first-order valence-corrected chi connectivity index (χ1v) is 7.38. The van der Waals surface area contributed by atoms with Crippen LogP contribution in [0.3, 0.4) is 0 Å². The number of ether oxygens (including phenoxy) is 1. The van der Waals surface area contributed by atoms with Crippen LogP contribution in [0.5, 0.6) is 0 Å². The summed E-state index contributed by atoms with van der Waals surface area (Å²) in [7, 11) is 0. The van der Waals surface area contributed by atoms with E-state index in [1.54, 1.807) is 12.1 Å². The van der Waals surface area contributed by atoms with Crippen molar-refractivity contribution in [2.75, 3.05) is 13.2 Å². The van der Waals surface area contributed by atoms with Gasteiger partial charge < -0.3 is 10.1 Å². The molecule has 1 aromatic rings. The molecule has 0 aliphatic carbocycles. The first kappa shape index (κ1) is 14.1. The third-order valence-electron chi connectivity index (χ3n) is 3.23. The van der Waals surface area contributed by atoms with Crippen LogP contribution in [0.25, 0.3) is 0 Å². The number of halogens is 2. The van der Waals surface area contributed by atoms with E-state index in [-0.39, 0.29) is 12.0 Å². The smallest absolute Gasteiger partial charge is 0.252 e. The molecular formula is C13H15ClINO2. The average Bonchev–Trinajstić information content (AvgIpc) is 2.75. The Labute approximate surface area is 125 Å². The zero-order chi connectivity index (χ0) is 13.1. The minimum absolute atomic E-state index is 0.0685. The molecule has 1 aromatic carbocycles. The summed E-state index contributed by atoms with van der Waals surface area (Å²) in [5.41, 5.74) is 0.634. The van der Waals surface area contributed by atoms with E-state index < -0.39 is 0 Å². The quantitative estimate of drug-likeness (QED) is 0.820. The standard InChI is InChI=1S/C13H15ClINO2/c1-8-9(4-5-18-8)7-16-13(17)11-6-10(14)2-3-12(11)15/h2-3,6,8-9H,4-5,7H2,1H3,(H,16,17). The molecule has 0 saturated carbocycles. The van der Waals surface area contributed by atoms with E-state index >= 15 is 0 Å². The lowest BCUT2D eigenvalue weighted by Crippen LogP contribution is -2.32. The maximum atomic E-state index is 12.1. The van der Waals surface area contributed by atoms with Crippen LogP contribution < -0.4 is 5.32 Å². The van der Waals surface area contributed by atoms with Crippen LogP contribution in [0.2, 0.25) is 5.02 Å². The maximum absolute atomic E-state index is 12.1. The molecular weight excluding hydrogens is 365 g/mol. The number of carbonyl (C=O) groups excluding carboxylic acids is 1. The molecule has 1 amide bonds. The highest BCUT2D eigenvalue weighted by Crippen LogP contribution is 2.21. The van der Waals surface area contributed by atoms with Crippen molar-refractivity contribution < 1.29 is 9.53 Å². The van der Waals surface area contributed by atoms with Gasteiger partial charge in [0.15, 0.2) is 0 Å². The summed E-state index contributed by atoms with van der Waals surface area (Å²) in [5, 5.41) is 3.54. The zero-order valence-electron chi connectivity index (χ0n) is 10.1. The van der Waals surface area contributed by atoms with E-state index in [1.165, 1.54) is 0 Å². The van der Waals surface area contributed by atoms with Gasteiger partial charge in [0.05, 0.1) is 11.7 Å². The molecule has 0 aromatic heterocycles. The highest BCUT2D eigenvalue weighted by molar-refractivity contribution is 14.1. The Hall–Kier alpha value is -0.330. The predicted octanol–water partition coefficient (Wildman–Crippen LogP) is 3.10. The Morgan fingerprint density at radius 2 is 2.39 bits per heavy atom. The van der Waals surface area contributed by atoms with Gasteiger partial charge in [-0.25, -0.2) is 0 Å². The predicted molar refractivity (Wildman–Crippen MR) is 80.0 cm³/mol. The summed E-state index contributed by atoms with van der Waals surface area (Å²) in [4.78, 5) is 12.1. The molecule has 2 unspecified atom stereocenters. The molecule has 5 heteroatoms. The molecule has 2 rings (SSSR count). The number of nitrogens with one attached hydrogen (secondary N) is 1. The van der Waals surface area contributed by atoms with Crippen molar-refractivity contribution in [2.45, 2.75) is 19.4 Å². The fraction of sp³-hybridized carbons (Fsp3) is 0.462. The van der Waals surface area contributed by atoms with Gasteiger partial charge in [-0.1, -0.05) is 11.6 Å². The largest absolute Gasteiger partial charge is 0.378 e. The van der Waals surface area contributed by atoms with E-state index in [9.17, 15) is 4.79 Å². The van der Waals surface area contributed by atoms with Gasteiger partial charge in [-0.3, -0.25) is 4.79 Å². The topological polar surface area (TPSA) is 38.3 Å². The van der Waals surface area contributed by atoms with Crippen molar-refractivity contribution in [3.8, 4) is 0 Å². The second-order valence-electron chi connectivity index (χ2n) is 4.46. The third kappa shape index (κ3) is 3.36. The van der Waals surface area contributed by atoms with Gasteiger partial charge in [0.1, 0.15) is 0 Å². The molecule has 18 heavy (non-hydrogen) atoms. The second kappa shape index (κ2) is 6.21. The number of rotatable bonds is 3. The van der Waals surface area contributed by atoms with E-state index in [0.29, 0.717) is 23.0 Å². The van der Waals surface area contributed by atoms with Crippen molar-refractivity contribution in [1.29, 1.82) is 0 Å². The van der Waals surface area contributed by atoms with E-state index in [0.717, 1.165) is 16.6 Å². The summed E-state index contributed by atoms with van der Waals surface area (Å²) in [6, 6.07) is 5.33. The average molecular weight is 380 g/mol. The Bertz CT molecular complexity index is 453. The lowest BCUT2D eigenvalue weighted by molar-refractivity contribution is 0.0906. The number of amides is 1. The zero-order valence-corrected chi connectivity index (χ0v) is 13.0. The summed E-state index contributed by atoms with van der Waals surface area (Å²) < 4.78 is 6.38.